The van der Waals surface area contributed by atoms with Gasteiger partial charge in [0.1, 0.15) is 0 Å². The molecule has 114 valence electrons. The molecule has 0 heterocycles. The summed E-state index contributed by atoms with van der Waals surface area (Å²) < 4.78 is 19.1. The van der Waals surface area contributed by atoms with Gasteiger partial charge in [-0.15, -0.1) is 0 Å². The Hall–Kier alpha value is 0.770. The van der Waals surface area contributed by atoms with Gasteiger partial charge in [0.05, 0.1) is 26.4 Å². The molecule has 0 aromatic rings. The van der Waals surface area contributed by atoms with Gasteiger partial charge >= 0.3 is 0 Å². The van der Waals surface area contributed by atoms with Crippen molar-refractivity contribution in [3.8, 4) is 0 Å². The monoisotopic (exact) mass is 500 g/mol. The summed E-state index contributed by atoms with van der Waals surface area (Å²) in [5, 5.41) is 2.70. The van der Waals surface area contributed by atoms with Gasteiger partial charge in [-0.25, -0.2) is 0 Å². The van der Waals surface area contributed by atoms with E-state index in [0.29, 0.717) is 39.6 Å². The minimum absolute atomic E-state index is 0.0322. The van der Waals surface area contributed by atoms with Crippen molar-refractivity contribution in [2.45, 2.75) is 12.8 Å². The molecule has 0 rings (SSSR count). The number of rotatable bonds is 14. The van der Waals surface area contributed by atoms with Crippen LogP contribution in [-0.2, 0) is 14.2 Å². The van der Waals surface area contributed by atoms with Crippen LogP contribution in [0.15, 0.2) is 0 Å². The molecule has 0 aliphatic carbocycles. The van der Waals surface area contributed by atoms with Gasteiger partial charge in [0.15, 0.2) is 0 Å². The Kier molecular flexibility index (Phi) is 17.5. The van der Waals surface area contributed by atoms with Crippen LogP contribution in [-0.4, -0.2) is 56.6 Å². The van der Waals surface area contributed by atoms with Crippen molar-refractivity contribution in [1.82, 2.24) is 8.85 Å². The summed E-state index contributed by atoms with van der Waals surface area (Å²) in [5.74, 6) is 0. The SMILES string of the molecule is O=C(I)NCCCOCCOCCOCCCNI. The first kappa shape index (κ1) is 19.8. The van der Waals surface area contributed by atoms with E-state index in [2.05, 4.69) is 31.7 Å². The van der Waals surface area contributed by atoms with Crippen molar-refractivity contribution >= 4 is 49.4 Å². The molecule has 0 unspecified atom stereocenters. The van der Waals surface area contributed by atoms with Gasteiger partial charge in [-0.1, -0.05) is 0 Å². The number of ether oxygens (including phenoxy) is 3. The maximum Gasteiger partial charge on any atom is 0.280 e. The molecule has 8 heteroatoms. The van der Waals surface area contributed by atoms with Crippen LogP contribution in [0.2, 0.25) is 0 Å². The van der Waals surface area contributed by atoms with Crippen LogP contribution >= 0.6 is 45.5 Å². The van der Waals surface area contributed by atoms with Crippen molar-refractivity contribution in [3.63, 3.8) is 0 Å². The fourth-order valence-electron chi connectivity index (χ4n) is 1.14. The Bertz CT molecular complexity index is 211. The fourth-order valence-corrected chi connectivity index (χ4v) is 1.79. The molecular formula is C11H22I2N2O4. The normalized spacial score (nSPS) is 10.6. The lowest BCUT2D eigenvalue weighted by Gasteiger charge is -2.06. The quantitative estimate of drug-likeness (QED) is 0.126. The number of amides is 1. The maximum atomic E-state index is 10.6. The molecule has 0 aliphatic rings. The zero-order valence-electron chi connectivity index (χ0n) is 11.0. The lowest BCUT2D eigenvalue weighted by atomic mass is 10.4. The van der Waals surface area contributed by atoms with Gasteiger partial charge in [0, 0.05) is 71.8 Å². The largest absolute Gasteiger partial charge is 0.379 e. The number of halogens is 2. The third kappa shape index (κ3) is 18.8. The fraction of sp³-hybridized carbons (Fsp3) is 0.909. The van der Waals surface area contributed by atoms with Gasteiger partial charge in [-0.3, -0.25) is 8.32 Å². The number of hydrogen-bond donors (Lipinski definition) is 2. The molecule has 0 saturated heterocycles. The molecule has 19 heavy (non-hydrogen) atoms. The third-order valence-electron chi connectivity index (χ3n) is 2.03. The molecule has 0 fully saturated rings. The third-order valence-corrected chi connectivity index (χ3v) is 2.95. The standard InChI is InChI=1S/C11H22I2N2O4/c12-11(16)14-3-1-5-17-7-9-19-10-8-18-6-2-4-15-13/h15H,1-10H2,(H,14,16). The van der Waals surface area contributed by atoms with E-state index in [4.69, 9.17) is 14.2 Å². The van der Waals surface area contributed by atoms with E-state index in [-0.39, 0.29) is 3.91 Å². The second-order valence-corrected chi connectivity index (χ2v) is 5.37. The van der Waals surface area contributed by atoms with Gasteiger partial charge in [-0.05, 0) is 12.8 Å². The summed E-state index contributed by atoms with van der Waals surface area (Å²) >= 11 is 3.83. The van der Waals surface area contributed by atoms with E-state index in [1.807, 2.05) is 0 Å². The number of hydrogen-bond acceptors (Lipinski definition) is 5. The molecule has 0 radical (unpaired) electrons. The average Bonchev–Trinajstić information content (AvgIpc) is 2.39. The van der Waals surface area contributed by atoms with Crippen LogP contribution in [0.3, 0.4) is 0 Å². The Morgan fingerprint density at radius 2 is 1.32 bits per heavy atom. The zero-order valence-corrected chi connectivity index (χ0v) is 15.3. The van der Waals surface area contributed by atoms with Crippen molar-refractivity contribution < 1.29 is 19.0 Å². The van der Waals surface area contributed by atoms with Crippen LogP contribution in [0.1, 0.15) is 12.8 Å². The molecule has 0 saturated carbocycles. The highest BCUT2D eigenvalue weighted by atomic mass is 127. The Morgan fingerprint density at radius 1 is 0.842 bits per heavy atom. The molecule has 0 atom stereocenters. The van der Waals surface area contributed by atoms with Crippen molar-refractivity contribution in [3.05, 3.63) is 0 Å². The Balaban J connectivity index is 2.93. The maximum absolute atomic E-state index is 10.6. The zero-order chi connectivity index (χ0) is 14.2. The Morgan fingerprint density at radius 3 is 1.79 bits per heavy atom. The van der Waals surface area contributed by atoms with Crippen molar-refractivity contribution in [2.24, 2.45) is 0 Å². The smallest absolute Gasteiger partial charge is 0.280 e. The minimum atomic E-state index is -0.0322. The predicted molar refractivity (Wildman–Crippen MR) is 91.1 cm³/mol. The van der Waals surface area contributed by atoms with Crippen LogP contribution in [0, 0.1) is 0 Å². The van der Waals surface area contributed by atoms with Crippen molar-refractivity contribution in [1.29, 1.82) is 0 Å². The first-order valence-corrected chi connectivity index (χ1v) is 8.43. The van der Waals surface area contributed by atoms with Crippen LogP contribution in [0.4, 0.5) is 4.79 Å². The van der Waals surface area contributed by atoms with Crippen LogP contribution in [0.5, 0.6) is 0 Å². The average molecular weight is 500 g/mol. The van der Waals surface area contributed by atoms with E-state index in [0.717, 1.165) is 26.0 Å². The summed E-state index contributed by atoms with van der Waals surface area (Å²) in [6.07, 6.45) is 1.84. The lowest BCUT2D eigenvalue weighted by molar-refractivity contribution is 0.0141. The number of carbonyl (C=O) groups excluding carboxylic acids is 1. The van der Waals surface area contributed by atoms with Gasteiger partial charge in [-0.2, -0.15) is 0 Å². The molecule has 2 N–H and O–H groups in total. The number of nitrogens with one attached hydrogen (secondary N) is 2. The first-order valence-electron chi connectivity index (χ1n) is 6.27. The molecule has 0 aromatic heterocycles. The van der Waals surface area contributed by atoms with E-state index in [1.54, 1.807) is 22.6 Å². The van der Waals surface area contributed by atoms with E-state index in [1.165, 1.54) is 0 Å². The van der Waals surface area contributed by atoms with Gasteiger partial charge in [0.2, 0.25) is 0 Å². The summed E-state index contributed by atoms with van der Waals surface area (Å²) in [6.45, 7) is 5.41. The van der Waals surface area contributed by atoms with E-state index < -0.39 is 0 Å². The van der Waals surface area contributed by atoms with Crippen LogP contribution < -0.4 is 8.85 Å². The molecule has 0 bridgehead atoms. The summed E-state index contributed by atoms with van der Waals surface area (Å²) in [6, 6.07) is 0. The molecular weight excluding hydrogens is 478 g/mol. The van der Waals surface area contributed by atoms with Crippen LogP contribution in [0.25, 0.3) is 0 Å². The molecule has 0 aromatic carbocycles. The highest BCUT2D eigenvalue weighted by Gasteiger charge is 1.94. The van der Waals surface area contributed by atoms with E-state index >= 15 is 0 Å². The second-order valence-electron chi connectivity index (χ2n) is 3.63. The topological polar surface area (TPSA) is 68.8 Å². The minimum Gasteiger partial charge on any atom is -0.379 e. The highest BCUT2D eigenvalue weighted by Crippen LogP contribution is 1.87. The molecule has 1 amide bonds. The second kappa shape index (κ2) is 16.8. The first-order chi connectivity index (χ1) is 9.27. The van der Waals surface area contributed by atoms with E-state index in [9.17, 15) is 4.79 Å². The summed E-state index contributed by atoms with van der Waals surface area (Å²) in [5.41, 5.74) is 0. The Labute approximate surface area is 142 Å². The van der Waals surface area contributed by atoms with Gasteiger partial charge in [0.25, 0.3) is 3.91 Å². The summed E-state index contributed by atoms with van der Waals surface area (Å²) in [7, 11) is 0. The lowest BCUT2D eigenvalue weighted by Crippen LogP contribution is -2.19. The van der Waals surface area contributed by atoms with Gasteiger partial charge < -0.3 is 19.5 Å². The molecule has 0 aliphatic heterocycles. The molecule has 0 spiro atoms. The molecule has 6 nitrogen and oxygen atoms in total. The van der Waals surface area contributed by atoms with Crippen molar-refractivity contribution in [2.75, 3.05) is 52.7 Å². The summed E-state index contributed by atoms with van der Waals surface area (Å²) in [4.78, 5) is 10.6. The number of carbonyl (C=O) groups is 1. The predicted octanol–water partition coefficient (Wildman–Crippen LogP) is 1.90. The highest BCUT2D eigenvalue weighted by molar-refractivity contribution is 14.1.